The van der Waals surface area contributed by atoms with Crippen molar-refractivity contribution in [3.63, 3.8) is 0 Å². The number of fused-ring (bicyclic) bond motifs is 1. The highest BCUT2D eigenvalue weighted by atomic mass is 32.1. The summed E-state index contributed by atoms with van der Waals surface area (Å²) in [7, 11) is 0. The lowest BCUT2D eigenvalue weighted by Gasteiger charge is -2.41. The molecule has 2 aromatic rings. The summed E-state index contributed by atoms with van der Waals surface area (Å²) in [5.41, 5.74) is 1.17. The van der Waals surface area contributed by atoms with E-state index in [1.54, 1.807) is 23.7 Å². The Morgan fingerprint density at radius 2 is 1.91 bits per heavy atom. The smallest absolute Gasteiger partial charge is 0.188 e. The molecular formula is C17H22N4S. The second-order valence-corrected chi connectivity index (χ2v) is 7.40. The molecule has 0 radical (unpaired) electrons. The number of hydrogen-bond donors (Lipinski definition) is 0. The zero-order valence-electron chi connectivity index (χ0n) is 12.8. The van der Waals surface area contributed by atoms with Gasteiger partial charge in [-0.1, -0.05) is 19.3 Å². The molecule has 1 saturated heterocycles. The van der Waals surface area contributed by atoms with Crippen LogP contribution in [0.2, 0.25) is 0 Å². The molecule has 0 bridgehead atoms. The standard InChI is InChI=1S/C17H22N4S/c1-2-5-14-10-21(9-6-13(14)4-1)11-15-12-22-17(20-15)16-18-7-3-8-19-16/h3,7-8,12-14H,1-2,4-6,9-11H2/t13-,14+/m1/s1. The summed E-state index contributed by atoms with van der Waals surface area (Å²) in [4.78, 5) is 15.9. The number of rotatable bonds is 3. The predicted molar refractivity (Wildman–Crippen MR) is 88.5 cm³/mol. The molecule has 4 nitrogen and oxygen atoms in total. The topological polar surface area (TPSA) is 41.9 Å². The summed E-state index contributed by atoms with van der Waals surface area (Å²) in [5, 5.41) is 3.10. The van der Waals surface area contributed by atoms with E-state index in [1.807, 2.05) is 6.07 Å². The zero-order chi connectivity index (χ0) is 14.8. The summed E-state index contributed by atoms with van der Waals surface area (Å²) in [6.45, 7) is 3.47. The molecule has 4 rings (SSSR count). The molecule has 1 saturated carbocycles. The van der Waals surface area contributed by atoms with Crippen LogP contribution in [0, 0.1) is 11.8 Å². The summed E-state index contributed by atoms with van der Waals surface area (Å²) < 4.78 is 0. The third-order valence-electron chi connectivity index (χ3n) is 5.07. The van der Waals surface area contributed by atoms with Crippen LogP contribution in [0.3, 0.4) is 0 Å². The minimum atomic E-state index is 0.740. The highest BCUT2D eigenvalue weighted by Gasteiger charge is 2.31. The van der Waals surface area contributed by atoms with E-state index in [9.17, 15) is 0 Å². The molecule has 0 aromatic carbocycles. The van der Waals surface area contributed by atoms with Crippen molar-refractivity contribution in [1.82, 2.24) is 19.9 Å². The van der Waals surface area contributed by atoms with Crippen LogP contribution in [0.15, 0.2) is 23.8 Å². The van der Waals surface area contributed by atoms with E-state index in [0.717, 1.165) is 29.2 Å². The van der Waals surface area contributed by atoms with Crippen LogP contribution in [0.4, 0.5) is 0 Å². The molecule has 0 amide bonds. The molecular weight excluding hydrogens is 292 g/mol. The third kappa shape index (κ3) is 3.06. The van der Waals surface area contributed by atoms with Crippen molar-refractivity contribution in [1.29, 1.82) is 0 Å². The van der Waals surface area contributed by atoms with Crippen molar-refractivity contribution in [2.75, 3.05) is 13.1 Å². The van der Waals surface area contributed by atoms with E-state index in [4.69, 9.17) is 4.98 Å². The predicted octanol–water partition coefficient (Wildman–Crippen LogP) is 3.61. The average molecular weight is 314 g/mol. The van der Waals surface area contributed by atoms with Crippen LogP contribution in [0.25, 0.3) is 10.8 Å². The maximum Gasteiger partial charge on any atom is 0.188 e. The van der Waals surface area contributed by atoms with Crippen LogP contribution in [0.5, 0.6) is 0 Å². The molecule has 0 N–H and O–H groups in total. The van der Waals surface area contributed by atoms with Crippen LogP contribution in [-0.4, -0.2) is 32.9 Å². The van der Waals surface area contributed by atoms with E-state index >= 15 is 0 Å². The summed E-state index contributed by atoms with van der Waals surface area (Å²) in [5.74, 6) is 2.66. The second kappa shape index (κ2) is 6.42. The Labute approximate surface area is 135 Å². The van der Waals surface area contributed by atoms with Gasteiger partial charge in [0.25, 0.3) is 0 Å². The Kier molecular flexibility index (Phi) is 4.17. The number of hydrogen-bond acceptors (Lipinski definition) is 5. The van der Waals surface area contributed by atoms with Gasteiger partial charge in [0.1, 0.15) is 0 Å². The van der Waals surface area contributed by atoms with Crippen molar-refractivity contribution in [2.24, 2.45) is 11.8 Å². The fraction of sp³-hybridized carbons (Fsp3) is 0.588. The van der Waals surface area contributed by atoms with Gasteiger partial charge in [0.2, 0.25) is 0 Å². The van der Waals surface area contributed by atoms with Gasteiger partial charge in [-0.2, -0.15) is 0 Å². The van der Waals surface area contributed by atoms with Gasteiger partial charge in [-0.25, -0.2) is 15.0 Å². The first kappa shape index (κ1) is 14.3. The molecule has 0 unspecified atom stereocenters. The van der Waals surface area contributed by atoms with Crippen molar-refractivity contribution >= 4 is 11.3 Å². The maximum atomic E-state index is 4.73. The van der Waals surface area contributed by atoms with Gasteiger partial charge >= 0.3 is 0 Å². The molecule has 2 aromatic heterocycles. The third-order valence-corrected chi connectivity index (χ3v) is 5.96. The monoisotopic (exact) mass is 314 g/mol. The summed E-state index contributed by atoms with van der Waals surface area (Å²) >= 11 is 1.65. The molecule has 5 heteroatoms. The van der Waals surface area contributed by atoms with Crippen molar-refractivity contribution in [3.05, 3.63) is 29.5 Å². The zero-order valence-corrected chi connectivity index (χ0v) is 13.6. The highest BCUT2D eigenvalue weighted by Crippen LogP contribution is 2.36. The molecule has 116 valence electrons. The van der Waals surface area contributed by atoms with Gasteiger partial charge in [0.15, 0.2) is 10.8 Å². The molecule has 2 atom stereocenters. The molecule has 3 heterocycles. The van der Waals surface area contributed by atoms with Crippen LogP contribution in [-0.2, 0) is 6.54 Å². The van der Waals surface area contributed by atoms with Gasteiger partial charge in [0.05, 0.1) is 5.69 Å². The number of likely N-dealkylation sites (tertiary alicyclic amines) is 1. The molecule has 1 aliphatic heterocycles. The van der Waals surface area contributed by atoms with Gasteiger partial charge in [-0.05, 0) is 37.3 Å². The van der Waals surface area contributed by atoms with Crippen molar-refractivity contribution in [2.45, 2.75) is 38.6 Å². The van der Waals surface area contributed by atoms with Gasteiger partial charge in [-0.15, -0.1) is 11.3 Å². The first-order valence-corrected chi connectivity index (χ1v) is 9.20. The maximum absolute atomic E-state index is 4.73. The fourth-order valence-corrected chi connectivity index (χ4v) is 4.70. The number of thiazole rings is 1. The molecule has 2 aliphatic rings. The Morgan fingerprint density at radius 1 is 1.09 bits per heavy atom. The Hall–Kier alpha value is -1.33. The number of nitrogens with zero attached hydrogens (tertiary/aromatic N) is 4. The number of piperidine rings is 1. The normalized spacial score (nSPS) is 25.8. The van der Waals surface area contributed by atoms with E-state index in [1.165, 1.54) is 50.9 Å². The molecule has 0 spiro atoms. The molecule has 22 heavy (non-hydrogen) atoms. The van der Waals surface area contributed by atoms with Crippen LogP contribution in [0.1, 0.15) is 37.8 Å². The van der Waals surface area contributed by atoms with E-state index in [0.29, 0.717) is 0 Å². The Balaban J connectivity index is 1.40. The van der Waals surface area contributed by atoms with E-state index in [2.05, 4.69) is 20.2 Å². The molecule has 1 aliphatic carbocycles. The van der Waals surface area contributed by atoms with Gasteiger partial charge in [-0.3, -0.25) is 4.90 Å². The number of aromatic nitrogens is 3. The van der Waals surface area contributed by atoms with Crippen molar-refractivity contribution in [3.8, 4) is 10.8 Å². The minimum absolute atomic E-state index is 0.740. The Bertz CT molecular complexity index is 612. The minimum Gasteiger partial charge on any atom is -0.297 e. The SMILES string of the molecule is c1cnc(-c2nc(CN3CC[C@H]4CCCC[C@H]4C3)cs2)nc1. The van der Waals surface area contributed by atoms with Crippen LogP contribution >= 0.6 is 11.3 Å². The highest BCUT2D eigenvalue weighted by molar-refractivity contribution is 7.13. The largest absolute Gasteiger partial charge is 0.297 e. The van der Waals surface area contributed by atoms with Crippen molar-refractivity contribution < 1.29 is 0 Å². The fourth-order valence-electron chi connectivity index (χ4n) is 3.94. The van der Waals surface area contributed by atoms with Gasteiger partial charge in [0, 0.05) is 30.9 Å². The first-order valence-electron chi connectivity index (χ1n) is 8.32. The van der Waals surface area contributed by atoms with E-state index < -0.39 is 0 Å². The Morgan fingerprint density at radius 3 is 2.77 bits per heavy atom. The quantitative estimate of drug-likeness (QED) is 0.868. The second-order valence-electron chi connectivity index (χ2n) is 6.54. The average Bonchev–Trinajstić information content (AvgIpc) is 3.04. The molecule has 2 fully saturated rings. The summed E-state index contributed by atoms with van der Waals surface area (Å²) in [6, 6.07) is 1.84. The first-order chi connectivity index (χ1) is 10.9. The van der Waals surface area contributed by atoms with Gasteiger partial charge < -0.3 is 0 Å². The summed E-state index contributed by atoms with van der Waals surface area (Å²) in [6.07, 6.45) is 10.7. The van der Waals surface area contributed by atoms with Crippen LogP contribution < -0.4 is 0 Å². The van der Waals surface area contributed by atoms with E-state index in [-0.39, 0.29) is 0 Å². The lowest BCUT2D eigenvalue weighted by molar-refractivity contribution is 0.0814. The lowest BCUT2D eigenvalue weighted by Crippen LogP contribution is -2.41. The lowest BCUT2D eigenvalue weighted by atomic mass is 9.75.